The number of hydrogen-bond acceptors (Lipinski definition) is 3. The van der Waals surface area contributed by atoms with Gasteiger partial charge in [-0.3, -0.25) is 9.78 Å². The fourth-order valence-corrected chi connectivity index (χ4v) is 2.04. The molecule has 1 heterocycles. The first-order valence-electron chi connectivity index (χ1n) is 7.27. The van der Waals surface area contributed by atoms with Gasteiger partial charge in [0, 0.05) is 37.5 Å². The lowest BCUT2D eigenvalue weighted by Crippen LogP contribution is -2.22. The lowest BCUT2D eigenvalue weighted by atomic mass is 10.1. The van der Waals surface area contributed by atoms with Crippen molar-refractivity contribution in [2.75, 3.05) is 18.4 Å². The fourth-order valence-electron chi connectivity index (χ4n) is 2.04. The maximum Gasteiger partial charge on any atom is 0.216 e. The van der Waals surface area contributed by atoms with Crippen molar-refractivity contribution in [1.82, 2.24) is 10.3 Å². The molecular weight excluding hydrogens is 281 g/mol. The van der Waals surface area contributed by atoms with Crippen molar-refractivity contribution < 1.29 is 9.18 Å². The summed E-state index contributed by atoms with van der Waals surface area (Å²) in [5.74, 6) is -0.249. The summed E-state index contributed by atoms with van der Waals surface area (Å²) in [5.41, 5.74) is 3.03. The average Bonchev–Trinajstić information content (AvgIpc) is 2.50. The molecule has 5 heteroatoms. The van der Waals surface area contributed by atoms with Crippen LogP contribution in [-0.2, 0) is 4.79 Å². The van der Waals surface area contributed by atoms with Gasteiger partial charge in [-0.25, -0.2) is 4.39 Å². The third kappa shape index (κ3) is 4.55. The van der Waals surface area contributed by atoms with Crippen LogP contribution >= 0.6 is 0 Å². The number of aromatic nitrogens is 1. The molecule has 2 aromatic rings. The van der Waals surface area contributed by atoms with E-state index in [1.807, 2.05) is 18.2 Å². The minimum Gasteiger partial charge on any atom is -0.385 e. The minimum absolute atomic E-state index is 0.0207. The van der Waals surface area contributed by atoms with Gasteiger partial charge < -0.3 is 10.6 Å². The van der Waals surface area contributed by atoms with E-state index in [1.54, 1.807) is 19.2 Å². The molecule has 1 amide bonds. The minimum atomic E-state index is -0.229. The molecule has 0 fully saturated rings. The molecule has 0 aliphatic carbocycles. The number of carbonyl (C=O) groups is 1. The highest BCUT2D eigenvalue weighted by atomic mass is 19.1. The molecule has 0 spiro atoms. The zero-order valence-corrected chi connectivity index (χ0v) is 12.8. The van der Waals surface area contributed by atoms with Crippen LogP contribution in [0.15, 0.2) is 36.5 Å². The number of nitrogens with one attached hydrogen (secondary N) is 2. The van der Waals surface area contributed by atoms with Crippen LogP contribution in [0.4, 0.5) is 10.1 Å². The molecule has 0 aliphatic heterocycles. The molecule has 0 saturated heterocycles. The first-order chi connectivity index (χ1) is 10.6. The molecule has 2 N–H and O–H groups in total. The van der Waals surface area contributed by atoms with E-state index < -0.39 is 0 Å². The fraction of sp³-hybridized carbons (Fsp3) is 0.294. The van der Waals surface area contributed by atoms with E-state index in [4.69, 9.17) is 0 Å². The Morgan fingerprint density at radius 3 is 2.77 bits per heavy atom. The van der Waals surface area contributed by atoms with Gasteiger partial charge >= 0.3 is 0 Å². The van der Waals surface area contributed by atoms with Gasteiger partial charge in [-0.1, -0.05) is 12.1 Å². The summed E-state index contributed by atoms with van der Waals surface area (Å²) in [6.07, 6.45) is 2.53. The second-order valence-electron chi connectivity index (χ2n) is 5.16. The van der Waals surface area contributed by atoms with Crippen LogP contribution in [0.3, 0.4) is 0 Å². The molecule has 0 bridgehead atoms. The first-order valence-corrected chi connectivity index (χ1v) is 7.27. The number of pyridine rings is 1. The second kappa shape index (κ2) is 7.54. The molecule has 4 nitrogen and oxygen atoms in total. The highest BCUT2D eigenvalue weighted by Crippen LogP contribution is 2.22. The predicted octanol–water partition coefficient (Wildman–Crippen LogP) is 3.13. The molecule has 2 rings (SSSR count). The van der Waals surface area contributed by atoms with Gasteiger partial charge in [0.2, 0.25) is 5.91 Å². The summed E-state index contributed by atoms with van der Waals surface area (Å²) in [5, 5.41) is 6.02. The smallest absolute Gasteiger partial charge is 0.216 e. The normalized spacial score (nSPS) is 10.3. The van der Waals surface area contributed by atoms with Crippen LogP contribution in [0.2, 0.25) is 0 Å². The quantitative estimate of drug-likeness (QED) is 0.806. The van der Waals surface area contributed by atoms with E-state index in [1.165, 1.54) is 13.0 Å². The second-order valence-corrected chi connectivity index (χ2v) is 5.16. The third-order valence-corrected chi connectivity index (χ3v) is 3.28. The van der Waals surface area contributed by atoms with E-state index in [9.17, 15) is 9.18 Å². The maximum absolute atomic E-state index is 13.6. The van der Waals surface area contributed by atoms with Gasteiger partial charge in [0.05, 0.1) is 5.69 Å². The zero-order valence-electron chi connectivity index (χ0n) is 12.8. The Morgan fingerprint density at radius 2 is 2.05 bits per heavy atom. The Bertz CT molecular complexity index is 658. The first kappa shape index (κ1) is 15.9. The zero-order chi connectivity index (χ0) is 15.9. The van der Waals surface area contributed by atoms with Crippen molar-refractivity contribution in [1.29, 1.82) is 0 Å². The molecule has 0 radical (unpaired) electrons. The van der Waals surface area contributed by atoms with E-state index in [0.717, 1.165) is 29.9 Å². The standard InChI is InChI=1S/C17H20FN3O/c1-12-4-5-14(10-16(12)18)17-11-15(6-9-21-17)20-8-3-7-19-13(2)22/h4-6,9-11H,3,7-8H2,1-2H3,(H,19,22)(H,20,21). The Balaban J connectivity index is 1.97. The van der Waals surface area contributed by atoms with Gasteiger partial charge in [0.25, 0.3) is 0 Å². The van der Waals surface area contributed by atoms with E-state index in [-0.39, 0.29) is 11.7 Å². The molecule has 0 saturated carbocycles. The summed E-state index contributed by atoms with van der Waals surface area (Å²) in [6.45, 7) is 4.62. The van der Waals surface area contributed by atoms with E-state index >= 15 is 0 Å². The number of benzene rings is 1. The van der Waals surface area contributed by atoms with Crippen molar-refractivity contribution >= 4 is 11.6 Å². The molecular formula is C17H20FN3O. The third-order valence-electron chi connectivity index (χ3n) is 3.28. The highest BCUT2D eigenvalue weighted by molar-refractivity contribution is 5.72. The van der Waals surface area contributed by atoms with Gasteiger partial charge in [-0.05, 0) is 37.1 Å². The van der Waals surface area contributed by atoms with Crippen LogP contribution in [0.5, 0.6) is 0 Å². The molecule has 22 heavy (non-hydrogen) atoms. The van der Waals surface area contributed by atoms with Crippen LogP contribution in [0.1, 0.15) is 18.9 Å². The molecule has 116 valence electrons. The lowest BCUT2D eigenvalue weighted by molar-refractivity contribution is -0.118. The van der Waals surface area contributed by atoms with Gasteiger partial charge in [0.1, 0.15) is 5.82 Å². The van der Waals surface area contributed by atoms with Crippen LogP contribution in [0.25, 0.3) is 11.3 Å². The Morgan fingerprint density at radius 1 is 1.23 bits per heavy atom. The molecule has 1 aromatic heterocycles. The summed E-state index contributed by atoms with van der Waals surface area (Å²) in [6, 6.07) is 8.87. The van der Waals surface area contributed by atoms with Crippen molar-refractivity contribution in [3.05, 3.63) is 47.9 Å². The summed E-state index contributed by atoms with van der Waals surface area (Å²) < 4.78 is 13.6. The molecule has 1 aromatic carbocycles. The predicted molar refractivity (Wildman–Crippen MR) is 86.2 cm³/mol. The molecule has 0 atom stereocenters. The number of amides is 1. The SMILES string of the molecule is CC(=O)NCCCNc1ccnc(-c2ccc(C)c(F)c2)c1. The number of anilines is 1. The Hall–Kier alpha value is -2.43. The number of aryl methyl sites for hydroxylation is 1. The van der Waals surface area contributed by atoms with Gasteiger partial charge in [-0.15, -0.1) is 0 Å². The van der Waals surface area contributed by atoms with Crippen LogP contribution < -0.4 is 10.6 Å². The monoisotopic (exact) mass is 301 g/mol. The number of hydrogen-bond donors (Lipinski definition) is 2. The highest BCUT2D eigenvalue weighted by Gasteiger charge is 2.04. The number of rotatable bonds is 6. The topological polar surface area (TPSA) is 54.0 Å². The number of carbonyl (C=O) groups excluding carboxylic acids is 1. The van der Waals surface area contributed by atoms with E-state index in [2.05, 4.69) is 15.6 Å². The summed E-state index contributed by atoms with van der Waals surface area (Å²) >= 11 is 0. The van der Waals surface area contributed by atoms with E-state index in [0.29, 0.717) is 12.1 Å². The number of nitrogens with zero attached hydrogens (tertiary/aromatic N) is 1. The van der Waals surface area contributed by atoms with Crippen molar-refractivity contribution in [3.63, 3.8) is 0 Å². The lowest BCUT2D eigenvalue weighted by Gasteiger charge is -2.09. The van der Waals surface area contributed by atoms with Crippen LogP contribution in [-0.4, -0.2) is 24.0 Å². The number of halogens is 1. The summed E-state index contributed by atoms with van der Waals surface area (Å²) in [7, 11) is 0. The van der Waals surface area contributed by atoms with Gasteiger partial charge in [-0.2, -0.15) is 0 Å². The molecule has 0 unspecified atom stereocenters. The summed E-state index contributed by atoms with van der Waals surface area (Å²) in [4.78, 5) is 15.0. The van der Waals surface area contributed by atoms with Crippen molar-refractivity contribution in [3.8, 4) is 11.3 Å². The van der Waals surface area contributed by atoms with Crippen molar-refractivity contribution in [2.45, 2.75) is 20.3 Å². The maximum atomic E-state index is 13.6. The Labute approximate surface area is 129 Å². The average molecular weight is 301 g/mol. The Kier molecular flexibility index (Phi) is 5.47. The van der Waals surface area contributed by atoms with Gasteiger partial charge in [0.15, 0.2) is 0 Å². The molecule has 0 aliphatic rings. The van der Waals surface area contributed by atoms with Crippen molar-refractivity contribution in [2.24, 2.45) is 0 Å². The van der Waals surface area contributed by atoms with Crippen LogP contribution in [0, 0.1) is 12.7 Å². The largest absolute Gasteiger partial charge is 0.385 e.